The molecule has 4 heteroatoms. The summed E-state index contributed by atoms with van der Waals surface area (Å²) in [7, 11) is 0. The lowest BCUT2D eigenvalue weighted by molar-refractivity contribution is 1.18. The van der Waals surface area contributed by atoms with E-state index in [1.54, 1.807) is 0 Å². The molecule has 7 aromatic carbocycles. The number of hydrogen-bond acceptors (Lipinski definition) is 2. The summed E-state index contributed by atoms with van der Waals surface area (Å²) in [6.45, 7) is 0. The Hall–Kier alpha value is -6.88. The van der Waals surface area contributed by atoms with Crippen LogP contribution in [-0.2, 0) is 0 Å². The fourth-order valence-corrected chi connectivity index (χ4v) is 7.24. The summed E-state index contributed by atoms with van der Waals surface area (Å²) in [6, 6.07) is 58.7. The van der Waals surface area contributed by atoms with E-state index in [1.807, 2.05) is 36.4 Å². The molecule has 0 saturated heterocycles. The zero-order chi connectivity index (χ0) is 32.2. The Morgan fingerprint density at radius 3 is 0.938 bits per heavy atom. The topological polar surface area (TPSA) is 57.4 Å². The van der Waals surface area contributed by atoms with Crippen molar-refractivity contribution in [1.29, 1.82) is 10.5 Å². The van der Waals surface area contributed by atoms with Gasteiger partial charge in [-0.3, -0.25) is 0 Å². The maximum absolute atomic E-state index is 10.3. The first-order valence-corrected chi connectivity index (χ1v) is 15.9. The zero-order valence-corrected chi connectivity index (χ0v) is 25.8. The van der Waals surface area contributed by atoms with E-state index in [0.29, 0.717) is 11.1 Å². The van der Waals surface area contributed by atoms with Gasteiger partial charge in [0.2, 0.25) is 0 Å². The van der Waals surface area contributed by atoms with Gasteiger partial charge in [-0.2, -0.15) is 10.5 Å². The van der Waals surface area contributed by atoms with Crippen molar-refractivity contribution in [2.45, 2.75) is 0 Å². The molecule has 0 aliphatic heterocycles. The van der Waals surface area contributed by atoms with Crippen molar-refractivity contribution >= 4 is 43.6 Å². The normalized spacial score (nSPS) is 11.3. The van der Waals surface area contributed by atoms with Crippen LogP contribution in [0.5, 0.6) is 0 Å². The molecule has 9 aromatic rings. The van der Waals surface area contributed by atoms with Crippen molar-refractivity contribution in [3.05, 3.63) is 169 Å². The fourth-order valence-electron chi connectivity index (χ4n) is 7.24. The smallest absolute Gasteiger partial charge is 0.0998 e. The molecule has 0 bridgehead atoms. The summed E-state index contributed by atoms with van der Waals surface area (Å²) in [4.78, 5) is 0. The summed E-state index contributed by atoms with van der Waals surface area (Å²) in [5, 5.41) is 25.4. The molecule has 0 unspecified atom stereocenters. The van der Waals surface area contributed by atoms with Gasteiger partial charge in [-0.05, 0) is 71.8 Å². The summed E-state index contributed by atoms with van der Waals surface area (Å²) in [6.07, 6.45) is 0. The van der Waals surface area contributed by atoms with Gasteiger partial charge in [-0.15, -0.1) is 0 Å². The van der Waals surface area contributed by atoms with Gasteiger partial charge in [0.25, 0.3) is 0 Å². The second kappa shape index (κ2) is 10.9. The van der Waals surface area contributed by atoms with Gasteiger partial charge in [0.15, 0.2) is 0 Å². The Bertz CT molecular complexity index is 2480. The predicted molar refractivity (Wildman–Crippen MR) is 195 cm³/mol. The average Bonchev–Trinajstić information content (AvgIpc) is 3.68. The summed E-state index contributed by atoms with van der Waals surface area (Å²) in [5.41, 5.74) is 11.0. The number of para-hydroxylation sites is 4. The second-order valence-corrected chi connectivity index (χ2v) is 12.0. The fraction of sp³-hybridized carbons (Fsp3) is 0. The monoisotopic (exact) mass is 610 g/mol. The van der Waals surface area contributed by atoms with E-state index < -0.39 is 0 Å². The SMILES string of the molecule is N#Cc1cc(-c2ccc(-n3c4ccccc4c4ccccc43)cc2)c(C#N)cc1-c1ccc(-n2c3ccccc3c3ccccc32)cc1. The molecule has 9 rings (SSSR count). The molecule has 0 spiro atoms. The Balaban J connectivity index is 1.10. The number of benzene rings is 7. The maximum Gasteiger partial charge on any atom is 0.0998 e. The van der Waals surface area contributed by atoms with Crippen LogP contribution in [0.4, 0.5) is 0 Å². The van der Waals surface area contributed by atoms with Crippen molar-refractivity contribution in [2.24, 2.45) is 0 Å². The minimum atomic E-state index is 0.528. The molecule has 0 aliphatic carbocycles. The Morgan fingerprint density at radius 2 is 0.646 bits per heavy atom. The van der Waals surface area contributed by atoms with Crippen LogP contribution in [0.3, 0.4) is 0 Å². The Kier molecular flexibility index (Phi) is 6.22. The van der Waals surface area contributed by atoms with Gasteiger partial charge >= 0.3 is 0 Å². The van der Waals surface area contributed by atoms with Crippen molar-refractivity contribution in [1.82, 2.24) is 9.13 Å². The lowest BCUT2D eigenvalue weighted by Gasteiger charge is -2.13. The lowest BCUT2D eigenvalue weighted by Crippen LogP contribution is -1.96. The van der Waals surface area contributed by atoms with Crippen LogP contribution in [0.15, 0.2) is 158 Å². The molecule has 0 N–H and O–H groups in total. The standard InChI is InChI=1S/C44H26N4/c45-27-31-26-40(30-19-23-34(24-20-30)48-43-15-7-3-11-37(43)38-12-4-8-16-44(38)48)32(28-46)25-39(31)29-17-21-33(22-18-29)47-41-13-5-1-9-35(41)36-10-2-6-14-42(36)47/h1-26H. The predicted octanol–water partition coefficient (Wildman–Crippen LogP) is 11.0. The highest BCUT2D eigenvalue weighted by Gasteiger charge is 2.16. The van der Waals surface area contributed by atoms with E-state index in [0.717, 1.165) is 55.7 Å². The highest BCUT2D eigenvalue weighted by atomic mass is 15.0. The lowest BCUT2D eigenvalue weighted by atomic mass is 9.91. The number of nitrogens with zero attached hydrogens (tertiary/aromatic N) is 4. The van der Waals surface area contributed by atoms with E-state index in [9.17, 15) is 10.5 Å². The quantitative estimate of drug-likeness (QED) is 0.199. The highest BCUT2D eigenvalue weighted by Crippen LogP contribution is 2.37. The molecule has 222 valence electrons. The zero-order valence-electron chi connectivity index (χ0n) is 25.8. The molecular formula is C44H26N4. The molecule has 0 fully saturated rings. The highest BCUT2D eigenvalue weighted by molar-refractivity contribution is 6.10. The van der Waals surface area contributed by atoms with Crippen LogP contribution in [0.25, 0.3) is 77.2 Å². The maximum atomic E-state index is 10.3. The van der Waals surface area contributed by atoms with E-state index >= 15 is 0 Å². The summed E-state index contributed by atoms with van der Waals surface area (Å²) >= 11 is 0. The molecule has 0 amide bonds. The van der Waals surface area contributed by atoms with Gasteiger partial charge < -0.3 is 9.13 Å². The van der Waals surface area contributed by atoms with Crippen LogP contribution in [0.2, 0.25) is 0 Å². The first kappa shape index (κ1) is 27.4. The van der Waals surface area contributed by atoms with Gasteiger partial charge in [-0.25, -0.2) is 0 Å². The molecule has 2 aromatic heterocycles. The van der Waals surface area contributed by atoms with E-state index in [4.69, 9.17) is 0 Å². The molecule has 2 heterocycles. The van der Waals surface area contributed by atoms with Crippen molar-refractivity contribution in [3.8, 4) is 45.8 Å². The third kappa shape index (κ3) is 4.14. The van der Waals surface area contributed by atoms with Crippen molar-refractivity contribution in [2.75, 3.05) is 0 Å². The van der Waals surface area contributed by atoms with Gasteiger partial charge in [0.1, 0.15) is 0 Å². The molecule has 0 saturated carbocycles. The first-order chi connectivity index (χ1) is 23.7. The molecule has 0 atom stereocenters. The minimum absolute atomic E-state index is 0.528. The minimum Gasteiger partial charge on any atom is -0.309 e. The number of fused-ring (bicyclic) bond motifs is 6. The average molecular weight is 611 g/mol. The van der Waals surface area contributed by atoms with Crippen LogP contribution >= 0.6 is 0 Å². The Labute approximate surface area is 277 Å². The molecule has 48 heavy (non-hydrogen) atoms. The second-order valence-electron chi connectivity index (χ2n) is 12.0. The molecule has 0 radical (unpaired) electrons. The third-order valence-corrected chi connectivity index (χ3v) is 9.43. The van der Waals surface area contributed by atoms with E-state index in [1.165, 1.54) is 21.5 Å². The van der Waals surface area contributed by atoms with Gasteiger partial charge in [0.05, 0.1) is 45.3 Å². The molecule has 4 nitrogen and oxygen atoms in total. The van der Waals surface area contributed by atoms with E-state index in [-0.39, 0.29) is 0 Å². The first-order valence-electron chi connectivity index (χ1n) is 15.9. The number of aromatic nitrogens is 2. The third-order valence-electron chi connectivity index (χ3n) is 9.43. The van der Waals surface area contributed by atoms with Crippen LogP contribution in [0, 0.1) is 22.7 Å². The number of rotatable bonds is 4. The van der Waals surface area contributed by atoms with Gasteiger partial charge in [0, 0.05) is 44.0 Å². The van der Waals surface area contributed by atoms with Crippen molar-refractivity contribution in [3.63, 3.8) is 0 Å². The van der Waals surface area contributed by atoms with Gasteiger partial charge in [-0.1, -0.05) is 97.1 Å². The van der Waals surface area contributed by atoms with Crippen LogP contribution in [0.1, 0.15) is 11.1 Å². The van der Waals surface area contributed by atoms with Crippen LogP contribution < -0.4 is 0 Å². The van der Waals surface area contributed by atoms with Crippen molar-refractivity contribution < 1.29 is 0 Å². The van der Waals surface area contributed by atoms with E-state index in [2.05, 4.69) is 143 Å². The summed E-state index contributed by atoms with van der Waals surface area (Å²) in [5.74, 6) is 0. The summed E-state index contributed by atoms with van der Waals surface area (Å²) < 4.78 is 4.54. The largest absolute Gasteiger partial charge is 0.309 e. The number of nitriles is 2. The van der Waals surface area contributed by atoms with Crippen LogP contribution in [-0.4, -0.2) is 9.13 Å². The number of hydrogen-bond donors (Lipinski definition) is 0. The molecular weight excluding hydrogens is 585 g/mol. The molecule has 0 aliphatic rings. The Morgan fingerprint density at radius 1 is 0.354 bits per heavy atom.